The van der Waals surface area contributed by atoms with Crippen LogP contribution in [0.4, 0.5) is 12.9 Å². The van der Waals surface area contributed by atoms with Crippen molar-refractivity contribution in [3.63, 3.8) is 0 Å². The fourth-order valence-corrected chi connectivity index (χ4v) is 1.61. The highest BCUT2D eigenvalue weighted by Crippen LogP contribution is 2.17. The van der Waals surface area contributed by atoms with Gasteiger partial charge in [-0.25, -0.2) is 0 Å². The van der Waals surface area contributed by atoms with Gasteiger partial charge in [0.15, 0.2) is 0 Å². The second-order valence-corrected chi connectivity index (χ2v) is 3.92. The number of hydrogen-bond donors (Lipinski definition) is 0. The van der Waals surface area contributed by atoms with Crippen LogP contribution in [0.3, 0.4) is 0 Å². The van der Waals surface area contributed by atoms with Crippen molar-refractivity contribution in [1.82, 2.24) is 0 Å². The lowest BCUT2D eigenvalue weighted by atomic mass is 9.79. The Hall–Kier alpha value is -0.965. The van der Waals surface area contributed by atoms with Gasteiger partial charge in [0.2, 0.25) is 0 Å². The fraction of sp³-hybridized carbons (Fsp3) is 0.400. The highest BCUT2D eigenvalue weighted by Gasteiger charge is 2.25. The van der Waals surface area contributed by atoms with E-state index in [4.69, 9.17) is 4.74 Å². The van der Waals surface area contributed by atoms with E-state index in [9.17, 15) is 12.9 Å². The molecule has 0 N–H and O–H groups in total. The minimum Gasteiger partial charge on any atom is -0.445 e. The van der Waals surface area contributed by atoms with Gasteiger partial charge in [-0.2, -0.15) is 0 Å². The molecule has 1 fully saturated rings. The number of halogens is 3. The van der Waals surface area contributed by atoms with Gasteiger partial charge in [0.1, 0.15) is 0 Å². The number of rotatable bonds is 3. The molecule has 0 unspecified atom stereocenters. The van der Waals surface area contributed by atoms with Crippen LogP contribution in [0.5, 0.6) is 0 Å². The second kappa shape index (κ2) is 3.89. The summed E-state index contributed by atoms with van der Waals surface area (Å²) in [5, 5.41) is 0. The minimum absolute atomic E-state index is 0.479. The summed E-state index contributed by atoms with van der Waals surface area (Å²) < 4.78 is 41.9. The summed E-state index contributed by atoms with van der Waals surface area (Å²) >= 11 is 0. The van der Waals surface area contributed by atoms with E-state index in [1.807, 2.05) is 0 Å². The van der Waals surface area contributed by atoms with Gasteiger partial charge < -0.3 is 17.7 Å². The van der Waals surface area contributed by atoms with Crippen LogP contribution in [0.15, 0.2) is 24.3 Å². The molecule has 1 aliphatic heterocycles. The predicted octanol–water partition coefficient (Wildman–Crippen LogP) is 1.93. The van der Waals surface area contributed by atoms with Crippen molar-refractivity contribution in [1.29, 1.82) is 0 Å². The Kier molecular flexibility index (Phi) is 2.73. The van der Waals surface area contributed by atoms with E-state index in [-0.39, 0.29) is 0 Å². The van der Waals surface area contributed by atoms with Crippen molar-refractivity contribution < 1.29 is 17.7 Å². The molecule has 82 valence electrons. The first-order valence-electron chi connectivity index (χ1n) is 4.92. The fourth-order valence-electron chi connectivity index (χ4n) is 1.61. The van der Waals surface area contributed by atoms with E-state index in [1.165, 1.54) is 0 Å². The van der Waals surface area contributed by atoms with Crippen LogP contribution in [0, 0.1) is 5.92 Å². The molecule has 0 aromatic heterocycles. The Bertz CT molecular complexity index is 330. The molecule has 0 amide bonds. The molecule has 1 heterocycles. The third-order valence-corrected chi connectivity index (χ3v) is 2.59. The molecule has 0 bridgehead atoms. The van der Waals surface area contributed by atoms with E-state index in [0.29, 0.717) is 5.92 Å². The Balaban J connectivity index is 2.03. The minimum atomic E-state index is -4.86. The van der Waals surface area contributed by atoms with Gasteiger partial charge in [0.05, 0.1) is 13.2 Å². The van der Waals surface area contributed by atoms with Crippen molar-refractivity contribution in [2.24, 2.45) is 5.92 Å². The molecule has 0 saturated carbocycles. The van der Waals surface area contributed by atoms with Crippen molar-refractivity contribution in [3.05, 3.63) is 29.8 Å². The topological polar surface area (TPSA) is 9.23 Å². The third kappa shape index (κ3) is 2.53. The van der Waals surface area contributed by atoms with Crippen LogP contribution in [0.2, 0.25) is 0 Å². The van der Waals surface area contributed by atoms with Gasteiger partial charge in [-0.05, 0) is 12.0 Å². The predicted molar refractivity (Wildman–Crippen MR) is 53.2 cm³/mol. The zero-order valence-corrected chi connectivity index (χ0v) is 8.13. The molecule has 2 rings (SSSR count). The van der Waals surface area contributed by atoms with Gasteiger partial charge in [-0.3, -0.25) is 0 Å². The molecule has 0 radical (unpaired) electrons. The van der Waals surface area contributed by atoms with Crippen molar-refractivity contribution in [2.45, 2.75) is 6.42 Å². The quantitative estimate of drug-likeness (QED) is 0.700. The highest BCUT2D eigenvalue weighted by molar-refractivity contribution is 6.73. The summed E-state index contributed by atoms with van der Waals surface area (Å²) in [6.07, 6.45) is 0.811. The molecule has 1 aliphatic rings. The summed E-state index contributed by atoms with van der Waals surface area (Å²) in [5.74, 6) is 0.479. The maximum absolute atomic E-state index is 12.3. The highest BCUT2D eigenvalue weighted by atomic mass is 19.4. The van der Waals surface area contributed by atoms with Gasteiger partial charge >= 0.3 is 6.98 Å². The van der Waals surface area contributed by atoms with E-state index >= 15 is 0 Å². The molecule has 0 atom stereocenters. The molecule has 0 aliphatic carbocycles. The summed E-state index contributed by atoms with van der Waals surface area (Å²) in [4.78, 5) is 0. The van der Waals surface area contributed by atoms with Crippen LogP contribution in [0.25, 0.3) is 0 Å². The smallest absolute Gasteiger partial charge is 0.445 e. The molecule has 5 heteroatoms. The average Bonchev–Trinajstić information content (AvgIpc) is 2.11. The van der Waals surface area contributed by atoms with E-state index < -0.39 is 12.4 Å². The normalized spacial score (nSPS) is 17.5. The van der Waals surface area contributed by atoms with Gasteiger partial charge in [-0.15, -0.1) is 5.46 Å². The largest absolute Gasteiger partial charge is 0.509 e. The monoisotopic (exact) mass is 215 g/mol. The summed E-state index contributed by atoms with van der Waals surface area (Å²) in [6.45, 7) is -3.40. The first-order valence-corrected chi connectivity index (χ1v) is 4.92. The summed E-state index contributed by atoms with van der Waals surface area (Å²) in [5.41, 5.74) is 0.427. The summed E-state index contributed by atoms with van der Waals surface area (Å²) in [6, 6.07) is 5.44. The Morgan fingerprint density at radius 1 is 1.13 bits per heavy atom. The van der Waals surface area contributed by atoms with Crippen LogP contribution in [-0.4, -0.2) is 20.2 Å². The maximum atomic E-state index is 12.3. The number of hydrogen-bond acceptors (Lipinski definition) is 1. The van der Waals surface area contributed by atoms with E-state index in [2.05, 4.69) is 0 Å². The van der Waals surface area contributed by atoms with Crippen LogP contribution in [-0.2, 0) is 11.2 Å². The maximum Gasteiger partial charge on any atom is 0.509 e. The third-order valence-electron chi connectivity index (χ3n) is 2.59. The van der Waals surface area contributed by atoms with Crippen LogP contribution >= 0.6 is 0 Å². The van der Waals surface area contributed by atoms with Crippen molar-refractivity contribution in [3.8, 4) is 0 Å². The van der Waals surface area contributed by atoms with Crippen molar-refractivity contribution >= 4 is 12.4 Å². The Labute approximate surface area is 86.3 Å². The molecule has 1 nitrogen and oxygen atoms in total. The molecule has 1 saturated heterocycles. The first-order chi connectivity index (χ1) is 7.05. The van der Waals surface area contributed by atoms with Gasteiger partial charge in [0.25, 0.3) is 0 Å². The number of benzene rings is 1. The molecular weight excluding hydrogens is 204 g/mol. The first kappa shape index (κ1) is 10.5. The Morgan fingerprint density at radius 3 is 2.13 bits per heavy atom. The number of ether oxygens (including phenoxy) is 1. The molecular formula is C10H11BF3O-. The SMILES string of the molecule is F[B-](F)(F)c1ccc(CC2COC2)cc1. The Morgan fingerprint density at radius 2 is 1.73 bits per heavy atom. The molecule has 0 spiro atoms. The zero-order chi connectivity index (χ0) is 10.9. The second-order valence-electron chi connectivity index (χ2n) is 3.92. The van der Waals surface area contributed by atoms with E-state index in [1.54, 1.807) is 12.1 Å². The van der Waals surface area contributed by atoms with Crippen LogP contribution in [0.1, 0.15) is 5.56 Å². The van der Waals surface area contributed by atoms with E-state index in [0.717, 1.165) is 37.3 Å². The lowest BCUT2D eigenvalue weighted by Gasteiger charge is -2.26. The summed E-state index contributed by atoms with van der Waals surface area (Å²) in [7, 11) is 0. The average molecular weight is 215 g/mol. The van der Waals surface area contributed by atoms with Crippen molar-refractivity contribution in [2.75, 3.05) is 13.2 Å². The zero-order valence-electron chi connectivity index (χ0n) is 8.13. The van der Waals surface area contributed by atoms with Crippen LogP contribution < -0.4 is 5.46 Å². The lowest BCUT2D eigenvalue weighted by molar-refractivity contribution is -0.0312. The van der Waals surface area contributed by atoms with Gasteiger partial charge in [0, 0.05) is 5.92 Å². The molecule has 1 aromatic carbocycles. The standard InChI is InChI=1S/C10H11BF3O/c12-11(13,14)10-3-1-8(2-4-10)5-9-6-15-7-9/h1-4,9H,5-7H2/q-1. The molecule has 1 aromatic rings. The lowest BCUT2D eigenvalue weighted by Crippen LogP contribution is -2.34. The molecule has 15 heavy (non-hydrogen) atoms. The van der Waals surface area contributed by atoms with Gasteiger partial charge in [-0.1, -0.05) is 24.3 Å².